The zero-order chi connectivity index (χ0) is 14.1. The van der Waals surface area contributed by atoms with E-state index in [1.54, 1.807) is 0 Å². The van der Waals surface area contributed by atoms with Gasteiger partial charge in [-0.1, -0.05) is 6.92 Å². The Morgan fingerprint density at radius 1 is 1.45 bits per heavy atom. The molecule has 2 aromatic heterocycles. The molecule has 0 saturated heterocycles. The maximum absolute atomic E-state index is 12.1. The lowest BCUT2D eigenvalue weighted by Crippen LogP contribution is -2.16. The first-order chi connectivity index (χ1) is 9.63. The van der Waals surface area contributed by atoms with E-state index in [0.717, 1.165) is 25.0 Å². The first kappa shape index (κ1) is 13.0. The highest BCUT2D eigenvalue weighted by molar-refractivity contribution is 7.15. The summed E-state index contributed by atoms with van der Waals surface area (Å²) in [4.78, 5) is 25.6. The van der Waals surface area contributed by atoms with Crippen LogP contribution in [0, 0.1) is 5.92 Å². The van der Waals surface area contributed by atoms with Crippen LogP contribution in [-0.2, 0) is 12.8 Å². The van der Waals surface area contributed by atoms with Crippen molar-refractivity contribution in [3.8, 4) is 0 Å². The highest BCUT2D eigenvalue weighted by Crippen LogP contribution is 2.32. The molecule has 1 aliphatic carbocycles. The van der Waals surface area contributed by atoms with Crippen molar-refractivity contribution >= 4 is 28.2 Å². The van der Waals surface area contributed by atoms with Gasteiger partial charge in [0.15, 0.2) is 16.6 Å². The summed E-state index contributed by atoms with van der Waals surface area (Å²) in [5, 5.41) is 3.37. The Labute approximate surface area is 120 Å². The quantitative estimate of drug-likeness (QED) is 0.880. The molecule has 6 nitrogen and oxygen atoms in total. The fourth-order valence-corrected chi connectivity index (χ4v) is 3.44. The maximum Gasteiger partial charge on any atom is 0.279 e. The van der Waals surface area contributed by atoms with Crippen LogP contribution in [0.25, 0.3) is 0 Å². The third-order valence-corrected chi connectivity index (χ3v) is 4.38. The summed E-state index contributed by atoms with van der Waals surface area (Å²) in [7, 11) is 0. The molecule has 104 valence electrons. The Hall–Kier alpha value is -2.02. The molecule has 1 amide bonds. The second-order valence-electron chi connectivity index (χ2n) is 4.98. The highest BCUT2D eigenvalue weighted by atomic mass is 32.1. The van der Waals surface area contributed by atoms with Crippen LogP contribution in [0.3, 0.4) is 0 Å². The topological polar surface area (TPSA) is 93.8 Å². The van der Waals surface area contributed by atoms with Crippen LogP contribution in [0.15, 0.2) is 12.4 Å². The van der Waals surface area contributed by atoms with Gasteiger partial charge < -0.3 is 5.73 Å². The summed E-state index contributed by atoms with van der Waals surface area (Å²) in [6, 6.07) is 0. The minimum absolute atomic E-state index is 0.125. The van der Waals surface area contributed by atoms with Crippen molar-refractivity contribution in [2.24, 2.45) is 5.92 Å². The second-order valence-corrected chi connectivity index (χ2v) is 6.06. The first-order valence-corrected chi connectivity index (χ1v) is 7.31. The number of nitrogens with zero attached hydrogens (tertiary/aromatic N) is 3. The summed E-state index contributed by atoms with van der Waals surface area (Å²) in [5.41, 5.74) is 6.88. The molecule has 20 heavy (non-hydrogen) atoms. The van der Waals surface area contributed by atoms with Gasteiger partial charge in [-0.3, -0.25) is 10.1 Å². The predicted octanol–water partition coefficient (Wildman–Crippen LogP) is 1.89. The van der Waals surface area contributed by atoms with Gasteiger partial charge in [-0.15, -0.1) is 11.3 Å². The number of aromatic nitrogens is 3. The normalized spacial score (nSPS) is 17.6. The summed E-state index contributed by atoms with van der Waals surface area (Å²) < 4.78 is 0. The molecule has 0 saturated carbocycles. The van der Waals surface area contributed by atoms with Crippen molar-refractivity contribution in [3.63, 3.8) is 0 Å². The monoisotopic (exact) mass is 289 g/mol. The Bertz CT molecular complexity index is 654. The molecule has 1 atom stereocenters. The molecular weight excluding hydrogens is 274 g/mol. The van der Waals surface area contributed by atoms with Crippen LogP contribution >= 0.6 is 11.3 Å². The van der Waals surface area contributed by atoms with E-state index < -0.39 is 0 Å². The maximum atomic E-state index is 12.1. The zero-order valence-corrected chi connectivity index (χ0v) is 11.9. The van der Waals surface area contributed by atoms with Crippen LogP contribution in [0.4, 0.5) is 10.9 Å². The number of thiazole rings is 1. The SMILES string of the molecule is C[C@@H]1CCc2nc(NC(=O)c3nccnc3N)sc2C1. The van der Waals surface area contributed by atoms with Gasteiger partial charge in [0.05, 0.1) is 5.69 Å². The van der Waals surface area contributed by atoms with E-state index in [-0.39, 0.29) is 17.4 Å². The van der Waals surface area contributed by atoms with Gasteiger partial charge in [0.1, 0.15) is 0 Å². The van der Waals surface area contributed by atoms with Crippen molar-refractivity contribution < 1.29 is 4.79 Å². The number of hydrogen-bond acceptors (Lipinski definition) is 6. The van der Waals surface area contributed by atoms with E-state index in [1.165, 1.54) is 28.6 Å². The Kier molecular flexibility index (Phi) is 3.35. The third kappa shape index (κ3) is 2.49. The average Bonchev–Trinajstić information content (AvgIpc) is 2.80. The molecule has 2 heterocycles. The zero-order valence-electron chi connectivity index (χ0n) is 11.1. The number of amides is 1. The molecule has 0 aliphatic heterocycles. The van der Waals surface area contributed by atoms with E-state index in [4.69, 9.17) is 5.73 Å². The molecule has 1 aliphatic rings. The standard InChI is InChI=1S/C13H15N5OS/c1-7-2-3-8-9(6-7)20-13(17-8)18-12(19)10-11(14)16-5-4-15-10/h4-5,7H,2-3,6H2,1H3,(H2,14,16)(H,17,18,19)/t7-/m1/s1. The van der Waals surface area contributed by atoms with Crippen LogP contribution in [0.2, 0.25) is 0 Å². The van der Waals surface area contributed by atoms with Crippen LogP contribution in [0.5, 0.6) is 0 Å². The lowest BCUT2D eigenvalue weighted by molar-refractivity contribution is 0.102. The van der Waals surface area contributed by atoms with Gasteiger partial charge in [0, 0.05) is 17.3 Å². The molecule has 0 aromatic carbocycles. The molecular formula is C13H15N5OS. The first-order valence-electron chi connectivity index (χ1n) is 6.50. The molecule has 7 heteroatoms. The van der Waals surface area contributed by atoms with E-state index in [2.05, 4.69) is 27.2 Å². The van der Waals surface area contributed by atoms with E-state index in [1.807, 2.05) is 0 Å². The van der Waals surface area contributed by atoms with Gasteiger partial charge >= 0.3 is 0 Å². The number of aryl methyl sites for hydroxylation is 1. The molecule has 2 aromatic rings. The molecule has 0 bridgehead atoms. The number of nitrogens with two attached hydrogens (primary N) is 1. The van der Waals surface area contributed by atoms with Crippen molar-refractivity contribution in [3.05, 3.63) is 28.7 Å². The van der Waals surface area contributed by atoms with Gasteiger partial charge in [0.2, 0.25) is 0 Å². The molecule has 3 rings (SSSR count). The molecule has 3 N–H and O–H groups in total. The van der Waals surface area contributed by atoms with Crippen molar-refractivity contribution in [2.75, 3.05) is 11.1 Å². The Balaban J connectivity index is 1.79. The number of rotatable bonds is 2. The number of carbonyl (C=O) groups is 1. The largest absolute Gasteiger partial charge is 0.382 e. The predicted molar refractivity (Wildman–Crippen MR) is 77.7 cm³/mol. The number of carbonyl (C=O) groups excluding carboxylic acids is 1. The minimum atomic E-state index is -0.366. The van der Waals surface area contributed by atoms with E-state index in [9.17, 15) is 4.79 Å². The Morgan fingerprint density at radius 2 is 2.25 bits per heavy atom. The fourth-order valence-electron chi connectivity index (χ4n) is 2.27. The molecule has 0 fully saturated rings. The molecule has 0 radical (unpaired) electrons. The number of nitrogen functional groups attached to an aromatic ring is 1. The van der Waals surface area contributed by atoms with Crippen molar-refractivity contribution in [2.45, 2.75) is 26.2 Å². The van der Waals surface area contributed by atoms with Crippen molar-refractivity contribution in [1.82, 2.24) is 15.0 Å². The summed E-state index contributed by atoms with van der Waals surface area (Å²) in [6.07, 6.45) is 6.07. The van der Waals surface area contributed by atoms with Crippen LogP contribution < -0.4 is 11.1 Å². The summed E-state index contributed by atoms with van der Waals surface area (Å²) >= 11 is 1.54. The van der Waals surface area contributed by atoms with Crippen LogP contribution in [0.1, 0.15) is 34.4 Å². The number of fused-ring (bicyclic) bond motifs is 1. The summed E-state index contributed by atoms with van der Waals surface area (Å²) in [6.45, 7) is 2.24. The number of anilines is 2. The minimum Gasteiger partial charge on any atom is -0.382 e. The number of hydrogen-bond donors (Lipinski definition) is 2. The Morgan fingerprint density at radius 3 is 3.05 bits per heavy atom. The van der Waals surface area contributed by atoms with E-state index in [0.29, 0.717) is 11.0 Å². The van der Waals surface area contributed by atoms with Gasteiger partial charge in [-0.25, -0.2) is 15.0 Å². The van der Waals surface area contributed by atoms with Gasteiger partial charge in [-0.2, -0.15) is 0 Å². The molecule has 0 unspecified atom stereocenters. The smallest absolute Gasteiger partial charge is 0.279 e. The fraction of sp³-hybridized carbons (Fsp3) is 0.385. The highest BCUT2D eigenvalue weighted by Gasteiger charge is 2.21. The van der Waals surface area contributed by atoms with Crippen molar-refractivity contribution in [1.29, 1.82) is 0 Å². The number of nitrogens with one attached hydrogen (secondary N) is 1. The molecule has 0 spiro atoms. The van der Waals surface area contributed by atoms with Gasteiger partial charge in [-0.05, 0) is 25.2 Å². The van der Waals surface area contributed by atoms with Crippen LogP contribution in [-0.4, -0.2) is 20.9 Å². The lowest BCUT2D eigenvalue weighted by atomic mass is 9.93. The lowest BCUT2D eigenvalue weighted by Gasteiger charge is -2.15. The summed E-state index contributed by atoms with van der Waals surface area (Å²) in [5.74, 6) is 0.442. The third-order valence-electron chi connectivity index (χ3n) is 3.35. The van der Waals surface area contributed by atoms with E-state index >= 15 is 0 Å². The van der Waals surface area contributed by atoms with Gasteiger partial charge in [0.25, 0.3) is 5.91 Å². The second kappa shape index (κ2) is 5.16. The average molecular weight is 289 g/mol.